The second-order valence-corrected chi connectivity index (χ2v) is 6.92. The minimum atomic E-state index is -3.23. The summed E-state index contributed by atoms with van der Waals surface area (Å²) in [5.41, 5.74) is 5.75. The maximum absolute atomic E-state index is 12.2. The number of hydrogen-bond donors (Lipinski definition) is 1. The third-order valence-corrected chi connectivity index (χ3v) is 5.58. The molecule has 2 saturated heterocycles. The predicted octanol–water partition coefficient (Wildman–Crippen LogP) is 0.418. The molecule has 102 valence electrons. The fourth-order valence-corrected chi connectivity index (χ4v) is 4.06. The molecule has 0 aliphatic carbocycles. The van der Waals surface area contributed by atoms with Crippen LogP contribution in [0.1, 0.15) is 26.2 Å². The highest BCUT2D eigenvalue weighted by atomic mass is 35.5. The molecule has 0 aromatic carbocycles. The van der Waals surface area contributed by atoms with E-state index in [9.17, 15) is 8.42 Å². The number of piperidine rings is 1. The summed E-state index contributed by atoms with van der Waals surface area (Å²) in [5, 5.41) is 0. The number of nitrogens with zero attached hydrogens (tertiary/aromatic N) is 2. The smallest absolute Gasteiger partial charge is 0.282 e. The van der Waals surface area contributed by atoms with Gasteiger partial charge in [-0.15, -0.1) is 12.4 Å². The molecule has 1 atom stereocenters. The Morgan fingerprint density at radius 1 is 1.06 bits per heavy atom. The zero-order chi connectivity index (χ0) is 11.8. The molecule has 0 aromatic rings. The van der Waals surface area contributed by atoms with Crippen molar-refractivity contribution >= 4 is 22.6 Å². The zero-order valence-corrected chi connectivity index (χ0v) is 11.8. The molecular weight excluding hydrogens is 262 g/mol. The van der Waals surface area contributed by atoms with Crippen LogP contribution in [0.25, 0.3) is 0 Å². The van der Waals surface area contributed by atoms with Crippen LogP contribution in [0.3, 0.4) is 0 Å². The average molecular weight is 284 g/mol. The Balaban J connectivity index is 0.00000144. The number of nitrogens with two attached hydrogens (primary N) is 1. The third kappa shape index (κ3) is 3.32. The molecular formula is C10H22ClN3O2S. The first kappa shape index (κ1) is 15.2. The Labute approximate surface area is 110 Å². The van der Waals surface area contributed by atoms with Crippen LogP contribution in [-0.4, -0.2) is 49.2 Å². The van der Waals surface area contributed by atoms with Gasteiger partial charge in [0.25, 0.3) is 10.2 Å². The topological polar surface area (TPSA) is 66.6 Å². The van der Waals surface area contributed by atoms with Gasteiger partial charge >= 0.3 is 0 Å². The number of hydrogen-bond acceptors (Lipinski definition) is 3. The molecule has 17 heavy (non-hydrogen) atoms. The first-order valence-electron chi connectivity index (χ1n) is 6.01. The van der Waals surface area contributed by atoms with Crippen molar-refractivity contribution in [3.63, 3.8) is 0 Å². The molecule has 0 unspecified atom stereocenters. The van der Waals surface area contributed by atoms with E-state index >= 15 is 0 Å². The summed E-state index contributed by atoms with van der Waals surface area (Å²) in [7, 11) is -3.23. The van der Waals surface area contributed by atoms with Crippen molar-refractivity contribution in [2.75, 3.05) is 26.2 Å². The van der Waals surface area contributed by atoms with Gasteiger partial charge in [0, 0.05) is 32.2 Å². The van der Waals surface area contributed by atoms with Gasteiger partial charge in [-0.25, -0.2) is 0 Å². The predicted molar refractivity (Wildman–Crippen MR) is 70.3 cm³/mol. The molecule has 2 aliphatic heterocycles. The van der Waals surface area contributed by atoms with Gasteiger partial charge in [0.2, 0.25) is 0 Å². The van der Waals surface area contributed by atoms with Crippen molar-refractivity contribution in [2.24, 2.45) is 11.7 Å². The highest BCUT2D eigenvalue weighted by molar-refractivity contribution is 7.86. The Morgan fingerprint density at radius 3 is 2.06 bits per heavy atom. The van der Waals surface area contributed by atoms with Crippen molar-refractivity contribution < 1.29 is 8.42 Å². The van der Waals surface area contributed by atoms with Crippen LogP contribution in [-0.2, 0) is 10.2 Å². The SMILES string of the molecule is CC1CCN(S(=O)(=O)N2CC[C@H](N)C2)CC1.Cl. The van der Waals surface area contributed by atoms with Crippen molar-refractivity contribution in [3.05, 3.63) is 0 Å². The highest BCUT2D eigenvalue weighted by Gasteiger charge is 2.35. The minimum Gasteiger partial charge on any atom is -0.326 e. The van der Waals surface area contributed by atoms with Gasteiger partial charge in [0.1, 0.15) is 0 Å². The lowest BCUT2D eigenvalue weighted by Gasteiger charge is -2.32. The lowest BCUT2D eigenvalue weighted by Crippen LogP contribution is -2.46. The van der Waals surface area contributed by atoms with Gasteiger partial charge < -0.3 is 5.73 Å². The standard InChI is InChI=1S/C10H21N3O2S.ClH/c1-9-2-5-12(6-3-9)16(14,15)13-7-4-10(11)8-13;/h9-10H,2-8,11H2,1H3;1H/t10-;/m0./s1. The van der Waals surface area contributed by atoms with E-state index in [-0.39, 0.29) is 18.4 Å². The van der Waals surface area contributed by atoms with Crippen molar-refractivity contribution in [2.45, 2.75) is 32.2 Å². The zero-order valence-electron chi connectivity index (χ0n) is 10.2. The van der Waals surface area contributed by atoms with Crippen molar-refractivity contribution in [1.29, 1.82) is 0 Å². The van der Waals surface area contributed by atoms with Crippen LogP contribution >= 0.6 is 12.4 Å². The molecule has 0 amide bonds. The summed E-state index contributed by atoms with van der Waals surface area (Å²) < 4.78 is 27.6. The molecule has 2 aliphatic rings. The van der Waals surface area contributed by atoms with E-state index in [0.717, 1.165) is 19.3 Å². The van der Waals surface area contributed by atoms with E-state index in [1.54, 1.807) is 4.31 Å². The quantitative estimate of drug-likeness (QED) is 0.799. The van der Waals surface area contributed by atoms with Gasteiger partial charge in [-0.3, -0.25) is 0 Å². The molecule has 2 fully saturated rings. The lowest BCUT2D eigenvalue weighted by atomic mass is 10.0. The Kier molecular flexibility index (Phi) is 5.21. The second-order valence-electron chi connectivity index (χ2n) is 5.00. The summed E-state index contributed by atoms with van der Waals surface area (Å²) >= 11 is 0. The molecule has 2 heterocycles. The third-order valence-electron chi connectivity index (χ3n) is 3.58. The first-order chi connectivity index (χ1) is 7.50. The van der Waals surface area contributed by atoms with Crippen LogP contribution in [0.5, 0.6) is 0 Å². The first-order valence-corrected chi connectivity index (χ1v) is 7.40. The highest BCUT2D eigenvalue weighted by Crippen LogP contribution is 2.22. The summed E-state index contributed by atoms with van der Waals surface area (Å²) in [6, 6.07) is 0.0125. The van der Waals surface area contributed by atoms with Gasteiger partial charge in [-0.1, -0.05) is 6.92 Å². The van der Waals surface area contributed by atoms with Crippen LogP contribution < -0.4 is 5.73 Å². The van der Waals surface area contributed by atoms with Gasteiger partial charge in [-0.2, -0.15) is 17.0 Å². The molecule has 0 spiro atoms. The summed E-state index contributed by atoms with van der Waals surface area (Å²) in [4.78, 5) is 0. The Morgan fingerprint density at radius 2 is 1.59 bits per heavy atom. The number of halogens is 1. The van der Waals surface area contributed by atoms with Crippen molar-refractivity contribution in [1.82, 2.24) is 8.61 Å². The van der Waals surface area contributed by atoms with Crippen LogP contribution in [0, 0.1) is 5.92 Å². The molecule has 2 N–H and O–H groups in total. The largest absolute Gasteiger partial charge is 0.326 e. The molecule has 7 heteroatoms. The van der Waals surface area contributed by atoms with E-state index in [0.29, 0.717) is 32.1 Å². The lowest BCUT2D eigenvalue weighted by molar-refractivity contribution is 0.270. The maximum atomic E-state index is 12.2. The fourth-order valence-electron chi connectivity index (χ4n) is 2.34. The van der Waals surface area contributed by atoms with E-state index in [2.05, 4.69) is 6.92 Å². The molecule has 2 rings (SSSR count). The average Bonchev–Trinajstić information content (AvgIpc) is 2.66. The minimum absolute atomic E-state index is 0. The van der Waals surface area contributed by atoms with E-state index < -0.39 is 10.2 Å². The van der Waals surface area contributed by atoms with Crippen LogP contribution in [0.2, 0.25) is 0 Å². The van der Waals surface area contributed by atoms with Crippen LogP contribution in [0.15, 0.2) is 0 Å². The molecule has 0 aromatic heterocycles. The molecule has 0 saturated carbocycles. The molecule has 0 bridgehead atoms. The van der Waals surface area contributed by atoms with Gasteiger partial charge in [0.05, 0.1) is 0 Å². The molecule has 0 radical (unpaired) electrons. The Hall–Kier alpha value is 0.120. The Bertz CT molecular complexity index is 341. The van der Waals surface area contributed by atoms with E-state index in [1.165, 1.54) is 4.31 Å². The summed E-state index contributed by atoms with van der Waals surface area (Å²) in [6.07, 6.45) is 2.72. The number of rotatable bonds is 2. The summed E-state index contributed by atoms with van der Waals surface area (Å²) in [5.74, 6) is 0.646. The van der Waals surface area contributed by atoms with Gasteiger partial charge in [-0.05, 0) is 25.2 Å². The monoisotopic (exact) mass is 283 g/mol. The summed E-state index contributed by atoms with van der Waals surface area (Å²) in [6.45, 7) is 4.56. The van der Waals surface area contributed by atoms with Crippen molar-refractivity contribution in [3.8, 4) is 0 Å². The van der Waals surface area contributed by atoms with E-state index in [4.69, 9.17) is 5.73 Å². The van der Waals surface area contributed by atoms with Gasteiger partial charge in [0.15, 0.2) is 0 Å². The molecule has 5 nitrogen and oxygen atoms in total. The maximum Gasteiger partial charge on any atom is 0.282 e. The second kappa shape index (κ2) is 5.84. The fraction of sp³-hybridized carbons (Fsp3) is 1.00. The van der Waals surface area contributed by atoms with E-state index in [1.807, 2.05) is 0 Å². The van der Waals surface area contributed by atoms with Crippen LogP contribution in [0.4, 0.5) is 0 Å². The normalized spacial score (nSPS) is 29.2.